The molecule has 1 saturated carbocycles. The van der Waals surface area contributed by atoms with Crippen molar-refractivity contribution in [2.75, 3.05) is 11.9 Å². The number of fused-ring (bicyclic) bond motifs is 1. The van der Waals surface area contributed by atoms with E-state index in [1.165, 1.54) is 0 Å². The van der Waals surface area contributed by atoms with Crippen molar-refractivity contribution in [3.05, 3.63) is 41.3 Å². The molecule has 3 atom stereocenters. The fraction of sp³-hybridized carbons (Fsp3) is 0.409. The molecule has 3 aromatic rings. The molecule has 0 bridgehead atoms. The Morgan fingerprint density at radius 1 is 1.30 bits per heavy atom. The number of hydrogen-bond acceptors (Lipinski definition) is 4. The number of halogens is 2. The summed E-state index contributed by atoms with van der Waals surface area (Å²) in [7, 11) is 0. The minimum atomic E-state index is -1.04. The molecule has 1 saturated heterocycles. The SMILES string of the molecule is Cc1c(-c2cc(Cl)c3cnc(NC(=O)[C@@H]4C[C@@H]4F)cc3c2)cnn1C1CCCCO1. The average molecular weight is 429 g/mol. The first-order valence-electron chi connectivity index (χ1n) is 10.2. The van der Waals surface area contributed by atoms with E-state index in [0.717, 1.165) is 53.5 Å². The first kappa shape index (κ1) is 19.5. The molecule has 0 spiro atoms. The molecule has 5 rings (SSSR count). The van der Waals surface area contributed by atoms with E-state index < -0.39 is 12.1 Å². The molecule has 1 N–H and O–H groups in total. The van der Waals surface area contributed by atoms with Crippen molar-refractivity contribution in [2.24, 2.45) is 5.92 Å². The van der Waals surface area contributed by atoms with Crippen LogP contribution in [0.5, 0.6) is 0 Å². The van der Waals surface area contributed by atoms with Crippen LogP contribution in [0.2, 0.25) is 5.02 Å². The topological polar surface area (TPSA) is 69.0 Å². The van der Waals surface area contributed by atoms with E-state index in [9.17, 15) is 9.18 Å². The maximum atomic E-state index is 13.1. The number of nitrogens with one attached hydrogen (secondary N) is 1. The number of hydrogen-bond donors (Lipinski definition) is 1. The van der Waals surface area contributed by atoms with Crippen LogP contribution in [-0.2, 0) is 9.53 Å². The second kappa shape index (κ2) is 7.63. The number of amides is 1. The summed E-state index contributed by atoms with van der Waals surface area (Å²) in [6, 6.07) is 5.67. The number of aromatic nitrogens is 3. The second-order valence-electron chi connectivity index (χ2n) is 8.01. The minimum Gasteiger partial charge on any atom is -0.357 e. The van der Waals surface area contributed by atoms with Crippen LogP contribution in [0.1, 0.15) is 37.6 Å². The third kappa shape index (κ3) is 3.56. The molecular formula is C22H22ClFN4O2. The number of ether oxygens (including phenoxy) is 1. The summed E-state index contributed by atoms with van der Waals surface area (Å²) >= 11 is 6.53. The fourth-order valence-electron chi connectivity index (χ4n) is 4.01. The Hall–Kier alpha value is -2.51. The van der Waals surface area contributed by atoms with Gasteiger partial charge in [0.05, 0.1) is 17.1 Å². The lowest BCUT2D eigenvalue weighted by Gasteiger charge is -2.24. The van der Waals surface area contributed by atoms with Crippen LogP contribution in [0.25, 0.3) is 21.9 Å². The van der Waals surface area contributed by atoms with E-state index in [1.54, 1.807) is 12.3 Å². The first-order valence-corrected chi connectivity index (χ1v) is 10.6. The van der Waals surface area contributed by atoms with Crippen LogP contribution in [-0.4, -0.2) is 33.5 Å². The van der Waals surface area contributed by atoms with Crippen LogP contribution >= 0.6 is 11.6 Å². The predicted octanol–water partition coefficient (Wildman–Crippen LogP) is 5.06. The molecule has 1 aromatic carbocycles. The molecule has 2 aliphatic rings. The number of anilines is 1. The van der Waals surface area contributed by atoms with Crippen molar-refractivity contribution in [3.8, 4) is 11.1 Å². The lowest BCUT2D eigenvalue weighted by Crippen LogP contribution is -2.20. The van der Waals surface area contributed by atoms with Crippen molar-refractivity contribution < 1.29 is 13.9 Å². The number of alkyl halides is 1. The highest BCUT2D eigenvalue weighted by Gasteiger charge is 2.43. The zero-order chi connectivity index (χ0) is 20.8. The van der Waals surface area contributed by atoms with E-state index >= 15 is 0 Å². The molecule has 1 unspecified atom stereocenters. The van der Waals surface area contributed by atoms with Gasteiger partial charge in [0.2, 0.25) is 5.91 Å². The lowest BCUT2D eigenvalue weighted by molar-refractivity contribution is -0.117. The zero-order valence-electron chi connectivity index (χ0n) is 16.6. The van der Waals surface area contributed by atoms with E-state index in [0.29, 0.717) is 10.8 Å². The maximum absolute atomic E-state index is 13.1. The van der Waals surface area contributed by atoms with Crippen molar-refractivity contribution in [3.63, 3.8) is 0 Å². The lowest BCUT2D eigenvalue weighted by atomic mass is 10.0. The highest BCUT2D eigenvalue weighted by atomic mass is 35.5. The zero-order valence-corrected chi connectivity index (χ0v) is 17.3. The van der Waals surface area contributed by atoms with E-state index in [4.69, 9.17) is 16.3 Å². The third-order valence-corrected chi connectivity index (χ3v) is 6.18. The number of carbonyl (C=O) groups excluding carboxylic acids is 1. The molecule has 0 radical (unpaired) electrons. The van der Waals surface area contributed by atoms with Gasteiger partial charge in [-0.1, -0.05) is 11.6 Å². The molecule has 6 nitrogen and oxygen atoms in total. The van der Waals surface area contributed by atoms with Gasteiger partial charge in [0.15, 0.2) is 0 Å². The third-order valence-electron chi connectivity index (χ3n) is 5.87. The molecule has 156 valence electrons. The van der Waals surface area contributed by atoms with E-state index in [2.05, 4.69) is 15.4 Å². The Morgan fingerprint density at radius 2 is 2.13 bits per heavy atom. The summed E-state index contributed by atoms with van der Waals surface area (Å²) in [5.74, 6) is -0.503. The first-order chi connectivity index (χ1) is 14.5. The Bertz CT molecular complexity index is 1130. The summed E-state index contributed by atoms with van der Waals surface area (Å²) in [6.45, 7) is 2.78. The molecule has 2 fully saturated rings. The summed E-state index contributed by atoms with van der Waals surface area (Å²) in [5.41, 5.74) is 2.93. The van der Waals surface area contributed by atoms with Gasteiger partial charge in [-0.15, -0.1) is 0 Å². The summed E-state index contributed by atoms with van der Waals surface area (Å²) in [4.78, 5) is 16.3. The number of pyridine rings is 1. The Kier molecular flexibility index (Phi) is 4.95. The van der Waals surface area contributed by atoms with Gasteiger partial charge in [-0.25, -0.2) is 14.1 Å². The number of nitrogens with zero attached hydrogens (tertiary/aromatic N) is 3. The standard InChI is InChI=1S/C22H22ClFN4O2/c1-12-16(11-26-28(12)21-4-2-3-5-30-21)13-6-14-8-20(25-10-17(14)18(23)7-13)27-22(29)15-9-19(15)24/h6-8,10-11,15,19,21H,2-5,9H2,1H3,(H,25,27,29)/t15-,19+,21?/m1/s1. The van der Waals surface area contributed by atoms with Crippen molar-refractivity contribution in [1.82, 2.24) is 14.8 Å². The van der Waals surface area contributed by atoms with Gasteiger partial charge in [0.1, 0.15) is 18.2 Å². The van der Waals surface area contributed by atoms with Crippen molar-refractivity contribution >= 4 is 34.1 Å². The van der Waals surface area contributed by atoms with Crippen LogP contribution in [0.15, 0.2) is 30.6 Å². The molecular weight excluding hydrogens is 407 g/mol. The highest BCUT2D eigenvalue weighted by Crippen LogP contribution is 2.36. The Morgan fingerprint density at radius 3 is 2.87 bits per heavy atom. The van der Waals surface area contributed by atoms with Crippen LogP contribution < -0.4 is 5.32 Å². The van der Waals surface area contributed by atoms with Gasteiger partial charge in [0, 0.05) is 29.4 Å². The maximum Gasteiger partial charge on any atom is 0.231 e. The molecule has 8 heteroatoms. The molecule has 2 aromatic heterocycles. The summed E-state index contributed by atoms with van der Waals surface area (Å²) < 4.78 is 20.9. The van der Waals surface area contributed by atoms with Gasteiger partial charge < -0.3 is 10.1 Å². The van der Waals surface area contributed by atoms with Crippen LogP contribution in [0.4, 0.5) is 10.2 Å². The fourth-order valence-corrected chi connectivity index (χ4v) is 4.28. The molecule has 1 amide bonds. The van der Waals surface area contributed by atoms with Gasteiger partial charge in [-0.2, -0.15) is 5.10 Å². The molecule has 30 heavy (non-hydrogen) atoms. The summed E-state index contributed by atoms with van der Waals surface area (Å²) in [6.07, 6.45) is 5.84. The average Bonchev–Trinajstić information content (AvgIpc) is 3.35. The van der Waals surface area contributed by atoms with Gasteiger partial charge in [-0.05, 0) is 61.8 Å². The number of carbonyl (C=O) groups is 1. The molecule has 3 heterocycles. The molecule has 1 aliphatic carbocycles. The molecule has 1 aliphatic heterocycles. The van der Waals surface area contributed by atoms with Crippen LogP contribution in [0, 0.1) is 12.8 Å². The van der Waals surface area contributed by atoms with Crippen LogP contribution in [0.3, 0.4) is 0 Å². The van der Waals surface area contributed by atoms with Crippen molar-refractivity contribution in [2.45, 2.75) is 45.0 Å². The van der Waals surface area contributed by atoms with E-state index in [-0.39, 0.29) is 18.6 Å². The van der Waals surface area contributed by atoms with E-state index in [1.807, 2.05) is 29.9 Å². The normalized spacial score (nSPS) is 23.5. The predicted molar refractivity (Wildman–Crippen MR) is 113 cm³/mol. The van der Waals surface area contributed by atoms with Gasteiger partial charge >= 0.3 is 0 Å². The highest BCUT2D eigenvalue weighted by molar-refractivity contribution is 6.36. The quantitative estimate of drug-likeness (QED) is 0.630. The second-order valence-corrected chi connectivity index (χ2v) is 8.41. The number of benzene rings is 1. The van der Waals surface area contributed by atoms with Gasteiger partial charge in [0.25, 0.3) is 0 Å². The monoisotopic (exact) mass is 428 g/mol. The largest absolute Gasteiger partial charge is 0.357 e. The van der Waals surface area contributed by atoms with Crippen molar-refractivity contribution in [1.29, 1.82) is 0 Å². The minimum absolute atomic E-state index is 0.0313. The Labute approximate surface area is 178 Å². The Balaban J connectivity index is 1.47. The van der Waals surface area contributed by atoms with Gasteiger partial charge in [-0.3, -0.25) is 4.79 Å². The summed E-state index contributed by atoms with van der Waals surface area (Å²) in [5, 5.41) is 9.46. The smallest absolute Gasteiger partial charge is 0.231 e. The number of rotatable bonds is 4.